The molecule has 2 N–H and O–H groups in total. The van der Waals surface area contributed by atoms with E-state index in [2.05, 4.69) is 15.6 Å². The van der Waals surface area contributed by atoms with Crippen LogP contribution in [0.5, 0.6) is 0 Å². The van der Waals surface area contributed by atoms with Gasteiger partial charge in [0, 0.05) is 6.20 Å². The Kier molecular flexibility index (Phi) is 3.58. The first-order chi connectivity index (χ1) is 8.27. The number of methoxy groups -OCH3 is 1. The van der Waals surface area contributed by atoms with Crippen molar-refractivity contribution in [2.24, 2.45) is 0 Å². The number of hydrogen-bond acceptors (Lipinski definition) is 5. The lowest BCUT2D eigenvalue weighted by Crippen LogP contribution is -2.54. The van der Waals surface area contributed by atoms with E-state index in [0.29, 0.717) is 18.7 Å². The van der Waals surface area contributed by atoms with Crippen molar-refractivity contribution in [3.63, 3.8) is 0 Å². The van der Waals surface area contributed by atoms with Crippen LogP contribution in [0.25, 0.3) is 0 Å². The van der Waals surface area contributed by atoms with Gasteiger partial charge in [0.1, 0.15) is 11.4 Å². The number of pyridine rings is 1. The quantitative estimate of drug-likeness (QED) is 0.758. The van der Waals surface area contributed by atoms with Gasteiger partial charge in [-0.25, -0.2) is 9.78 Å². The van der Waals surface area contributed by atoms with Gasteiger partial charge in [0.15, 0.2) is 0 Å². The number of rotatable bonds is 3. The van der Waals surface area contributed by atoms with Gasteiger partial charge in [-0.2, -0.15) is 0 Å². The van der Waals surface area contributed by atoms with E-state index in [0.717, 1.165) is 13.1 Å². The van der Waals surface area contributed by atoms with E-state index in [9.17, 15) is 4.79 Å². The first-order valence-corrected chi connectivity index (χ1v) is 5.75. The first-order valence-electron chi connectivity index (χ1n) is 5.75. The molecule has 0 radical (unpaired) electrons. The summed E-state index contributed by atoms with van der Waals surface area (Å²) in [4.78, 5) is 16.1. The van der Waals surface area contributed by atoms with E-state index >= 15 is 0 Å². The molecule has 0 saturated carbocycles. The van der Waals surface area contributed by atoms with E-state index < -0.39 is 5.54 Å². The zero-order chi connectivity index (χ0) is 12.1. The zero-order valence-electron chi connectivity index (χ0n) is 9.90. The Bertz CT molecular complexity index is 375. The number of carbonyl (C=O) groups excluding carboxylic acids is 1. The molecule has 1 aliphatic heterocycles. The van der Waals surface area contributed by atoms with Gasteiger partial charge in [0.05, 0.1) is 7.11 Å². The highest BCUT2D eigenvalue weighted by molar-refractivity contribution is 5.84. The van der Waals surface area contributed by atoms with Gasteiger partial charge >= 0.3 is 5.97 Å². The number of piperidine rings is 1. The summed E-state index contributed by atoms with van der Waals surface area (Å²) in [7, 11) is 1.42. The second-order valence-electron chi connectivity index (χ2n) is 4.16. The summed E-state index contributed by atoms with van der Waals surface area (Å²) >= 11 is 0. The average molecular weight is 235 g/mol. The zero-order valence-corrected chi connectivity index (χ0v) is 9.90. The van der Waals surface area contributed by atoms with Crippen LogP contribution in [0.2, 0.25) is 0 Å². The Morgan fingerprint density at radius 1 is 1.47 bits per heavy atom. The SMILES string of the molecule is COC(=O)C1(Nc2ccccn2)CCNCC1. The van der Waals surface area contributed by atoms with Crippen LogP contribution in [0.4, 0.5) is 5.82 Å². The molecule has 5 heteroatoms. The van der Waals surface area contributed by atoms with Crippen LogP contribution in [0.3, 0.4) is 0 Å². The highest BCUT2D eigenvalue weighted by Crippen LogP contribution is 2.24. The lowest BCUT2D eigenvalue weighted by Gasteiger charge is -2.35. The summed E-state index contributed by atoms with van der Waals surface area (Å²) in [5, 5.41) is 6.46. The largest absolute Gasteiger partial charge is 0.467 e. The van der Waals surface area contributed by atoms with Crippen LogP contribution in [0.15, 0.2) is 24.4 Å². The molecule has 1 aromatic heterocycles. The summed E-state index contributed by atoms with van der Waals surface area (Å²) < 4.78 is 4.91. The molecule has 0 aromatic carbocycles. The molecule has 1 aromatic rings. The Morgan fingerprint density at radius 3 is 2.82 bits per heavy atom. The predicted molar refractivity (Wildman–Crippen MR) is 64.7 cm³/mol. The van der Waals surface area contributed by atoms with Crippen LogP contribution < -0.4 is 10.6 Å². The van der Waals surface area contributed by atoms with Gasteiger partial charge in [-0.15, -0.1) is 0 Å². The Morgan fingerprint density at radius 2 is 2.24 bits per heavy atom. The van der Waals surface area contributed by atoms with Gasteiger partial charge in [0.25, 0.3) is 0 Å². The summed E-state index contributed by atoms with van der Waals surface area (Å²) in [5.74, 6) is 0.490. The molecule has 1 saturated heterocycles. The van der Waals surface area contributed by atoms with Crippen LogP contribution in [0, 0.1) is 0 Å². The standard InChI is InChI=1S/C12H17N3O2/c1-17-11(16)12(5-8-13-9-6-12)15-10-4-2-3-7-14-10/h2-4,7,13H,5-6,8-9H2,1H3,(H,14,15). The monoisotopic (exact) mass is 235 g/mol. The van der Waals surface area contributed by atoms with Gasteiger partial charge in [-0.3, -0.25) is 0 Å². The maximum atomic E-state index is 12.0. The van der Waals surface area contributed by atoms with Crippen molar-refractivity contribution < 1.29 is 9.53 Å². The molecule has 0 spiro atoms. The molecule has 0 unspecified atom stereocenters. The third-order valence-electron chi connectivity index (χ3n) is 3.07. The summed E-state index contributed by atoms with van der Waals surface area (Å²) in [5.41, 5.74) is -0.644. The lowest BCUT2D eigenvalue weighted by molar-refractivity contribution is -0.147. The van der Waals surface area contributed by atoms with Crippen molar-refractivity contribution >= 4 is 11.8 Å². The van der Waals surface area contributed by atoms with Crippen molar-refractivity contribution in [3.05, 3.63) is 24.4 Å². The molecular weight excluding hydrogens is 218 g/mol. The fourth-order valence-electron chi connectivity index (χ4n) is 2.11. The highest BCUT2D eigenvalue weighted by atomic mass is 16.5. The molecule has 1 fully saturated rings. The molecular formula is C12H17N3O2. The number of esters is 1. The minimum Gasteiger partial charge on any atom is -0.467 e. The molecule has 2 heterocycles. The van der Waals surface area contributed by atoms with Crippen molar-refractivity contribution in [2.75, 3.05) is 25.5 Å². The Labute approximate surface area is 101 Å². The molecule has 0 bridgehead atoms. The molecule has 0 atom stereocenters. The molecule has 5 nitrogen and oxygen atoms in total. The molecule has 17 heavy (non-hydrogen) atoms. The summed E-state index contributed by atoms with van der Waals surface area (Å²) in [6, 6.07) is 5.59. The number of nitrogens with zero attached hydrogens (tertiary/aromatic N) is 1. The van der Waals surface area contributed by atoms with Crippen LogP contribution in [0.1, 0.15) is 12.8 Å². The third-order valence-corrected chi connectivity index (χ3v) is 3.07. The molecule has 0 amide bonds. The van der Waals surface area contributed by atoms with E-state index in [-0.39, 0.29) is 5.97 Å². The second kappa shape index (κ2) is 5.14. The van der Waals surface area contributed by atoms with Gasteiger partial charge in [-0.1, -0.05) is 6.07 Å². The number of nitrogens with one attached hydrogen (secondary N) is 2. The molecule has 1 aliphatic rings. The summed E-state index contributed by atoms with van der Waals surface area (Å²) in [6.45, 7) is 1.60. The maximum absolute atomic E-state index is 12.0. The van der Waals surface area contributed by atoms with Crippen molar-refractivity contribution in [1.82, 2.24) is 10.3 Å². The fraction of sp³-hybridized carbons (Fsp3) is 0.500. The summed E-state index contributed by atoms with van der Waals surface area (Å²) in [6.07, 6.45) is 3.11. The van der Waals surface area contributed by atoms with E-state index in [4.69, 9.17) is 4.74 Å². The number of anilines is 1. The molecule has 92 valence electrons. The van der Waals surface area contributed by atoms with Crippen molar-refractivity contribution in [3.8, 4) is 0 Å². The van der Waals surface area contributed by atoms with Gasteiger partial charge in [-0.05, 0) is 38.1 Å². The van der Waals surface area contributed by atoms with E-state index in [1.54, 1.807) is 6.20 Å². The third kappa shape index (κ3) is 2.55. The van der Waals surface area contributed by atoms with Crippen LogP contribution in [-0.2, 0) is 9.53 Å². The lowest BCUT2D eigenvalue weighted by atomic mass is 9.88. The maximum Gasteiger partial charge on any atom is 0.331 e. The fourth-order valence-corrected chi connectivity index (χ4v) is 2.11. The highest BCUT2D eigenvalue weighted by Gasteiger charge is 2.40. The molecule has 2 rings (SSSR count). The van der Waals surface area contributed by atoms with Crippen molar-refractivity contribution in [2.45, 2.75) is 18.4 Å². The number of hydrogen-bond donors (Lipinski definition) is 2. The first kappa shape index (κ1) is 11.9. The van der Waals surface area contributed by atoms with Crippen LogP contribution in [-0.4, -0.2) is 36.7 Å². The predicted octanol–water partition coefficient (Wildman–Crippen LogP) is 0.789. The molecule has 0 aliphatic carbocycles. The minimum absolute atomic E-state index is 0.218. The van der Waals surface area contributed by atoms with E-state index in [1.807, 2.05) is 18.2 Å². The van der Waals surface area contributed by atoms with Gasteiger partial charge < -0.3 is 15.4 Å². The smallest absolute Gasteiger partial charge is 0.331 e. The minimum atomic E-state index is -0.644. The number of aromatic nitrogens is 1. The Hall–Kier alpha value is -1.62. The van der Waals surface area contributed by atoms with E-state index in [1.165, 1.54) is 7.11 Å². The normalized spacial score (nSPS) is 18.4. The average Bonchev–Trinajstić information content (AvgIpc) is 2.40. The van der Waals surface area contributed by atoms with Gasteiger partial charge in [0.2, 0.25) is 0 Å². The number of carbonyl (C=O) groups is 1. The second-order valence-corrected chi connectivity index (χ2v) is 4.16. The Balaban J connectivity index is 2.19. The number of ether oxygens (including phenoxy) is 1. The van der Waals surface area contributed by atoms with Crippen molar-refractivity contribution in [1.29, 1.82) is 0 Å². The van der Waals surface area contributed by atoms with Crippen LogP contribution >= 0.6 is 0 Å². The topological polar surface area (TPSA) is 63.2 Å².